The van der Waals surface area contributed by atoms with E-state index < -0.39 is 17.4 Å². The van der Waals surface area contributed by atoms with Crippen molar-refractivity contribution in [1.82, 2.24) is 0 Å². The van der Waals surface area contributed by atoms with E-state index >= 15 is 0 Å². The minimum Gasteiger partial charge on any atom is -0.485 e. The predicted octanol–water partition coefficient (Wildman–Crippen LogP) is 3.53. The number of aryl methyl sites for hydroxylation is 1. The van der Waals surface area contributed by atoms with Gasteiger partial charge in [0, 0.05) is 6.07 Å². The Hall–Kier alpha value is -2.23. The first-order valence-electron chi connectivity index (χ1n) is 5.74. The number of ether oxygens (including phenoxy) is 1. The van der Waals surface area contributed by atoms with Gasteiger partial charge in [0.1, 0.15) is 17.4 Å². The van der Waals surface area contributed by atoms with Crippen LogP contribution in [0.4, 0.5) is 8.78 Å². The molecule has 0 radical (unpaired) electrons. The summed E-state index contributed by atoms with van der Waals surface area (Å²) in [6, 6.07) is 9.98. The smallest absolute Gasteiger partial charge is 0.203 e. The van der Waals surface area contributed by atoms with E-state index in [0.717, 1.165) is 0 Å². The van der Waals surface area contributed by atoms with E-state index in [1.54, 1.807) is 25.1 Å². The van der Waals surface area contributed by atoms with Crippen LogP contribution in [0.25, 0.3) is 0 Å². The molecule has 0 amide bonds. The van der Waals surface area contributed by atoms with Gasteiger partial charge in [-0.1, -0.05) is 18.2 Å². The maximum atomic E-state index is 13.3. The summed E-state index contributed by atoms with van der Waals surface area (Å²) < 4.78 is 31.8. The molecule has 2 aromatic rings. The topological polar surface area (TPSA) is 26.3 Å². The molecule has 0 aliphatic heterocycles. The van der Waals surface area contributed by atoms with Gasteiger partial charge in [0.25, 0.3) is 0 Å². The molecule has 0 saturated carbocycles. The number of carbonyl (C=O) groups is 1. The Morgan fingerprint density at radius 3 is 2.53 bits per heavy atom. The molecule has 0 N–H and O–H groups in total. The Balaban J connectivity index is 2.04. The van der Waals surface area contributed by atoms with E-state index in [-0.39, 0.29) is 17.9 Å². The molecule has 0 aromatic heterocycles. The molecule has 2 aromatic carbocycles. The Morgan fingerprint density at radius 2 is 1.84 bits per heavy atom. The number of halogens is 2. The van der Waals surface area contributed by atoms with Crippen LogP contribution in [-0.4, -0.2) is 12.4 Å². The Labute approximate surface area is 109 Å². The van der Waals surface area contributed by atoms with Gasteiger partial charge in [0.05, 0.1) is 5.56 Å². The lowest BCUT2D eigenvalue weighted by Crippen LogP contribution is -2.13. The maximum Gasteiger partial charge on any atom is 0.203 e. The van der Waals surface area contributed by atoms with Gasteiger partial charge in [-0.3, -0.25) is 4.79 Å². The molecule has 0 spiro atoms. The molecule has 0 fully saturated rings. The zero-order valence-electron chi connectivity index (χ0n) is 10.3. The SMILES string of the molecule is Cc1ccc(OCC(=O)c2ccccc2F)cc1F. The van der Waals surface area contributed by atoms with Crippen LogP contribution in [0.15, 0.2) is 42.5 Å². The van der Waals surface area contributed by atoms with E-state index in [9.17, 15) is 13.6 Å². The van der Waals surface area contributed by atoms with E-state index in [1.165, 1.54) is 24.3 Å². The highest BCUT2D eigenvalue weighted by atomic mass is 19.1. The van der Waals surface area contributed by atoms with Crippen LogP contribution in [0.3, 0.4) is 0 Å². The zero-order chi connectivity index (χ0) is 13.8. The Morgan fingerprint density at radius 1 is 1.11 bits per heavy atom. The van der Waals surface area contributed by atoms with Crippen molar-refractivity contribution in [3.05, 3.63) is 65.2 Å². The van der Waals surface area contributed by atoms with Crippen molar-refractivity contribution in [1.29, 1.82) is 0 Å². The molecule has 98 valence electrons. The predicted molar refractivity (Wildman–Crippen MR) is 67.4 cm³/mol. The molecule has 0 unspecified atom stereocenters. The molecule has 0 atom stereocenters. The highest BCUT2D eigenvalue weighted by Crippen LogP contribution is 2.16. The van der Waals surface area contributed by atoms with Crippen LogP contribution < -0.4 is 4.74 Å². The molecule has 0 bridgehead atoms. The second-order valence-corrected chi connectivity index (χ2v) is 4.10. The second-order valence-electron chi connectivity index (χ2n) is 4.10. The number of benzene rings is 2. The zero-order valence-corrected chi connectivity index (χ0v) is 10.3. The fourth-order valence-corrected chi connectivity index (χ4v) is 1.58. The summed E-state index contributed by atoms with van der Waals surface area (Å²) in [6.07, 6.45) is 0. The van der Waals surface area contributed by atoms with Crippen molar-refractivity contribution < 1.29 is 18.3 Å². The highest BCUT2D eigenvalue weighted by Gasteiger charge is 2.11. The van der Waals surface area contributed by atoms with Gasteiger partial charge in [0.15, 0.2) is 6.61 Å². The number of hydrogen-bond donors (Lipinski definition) is 0. The number of ketones is 1. The largest absolute Gasteiger partial charge is 0.485 e. The third kappa shape index (κ3) is 3.16. The molecule has 0 heterocycles. The third-order valence-corrected chi connectivity index (χ3v) is 2.69. The number of carbonyl (C=O) groups excluding carboxylic acids is 1. The quantitative estimate of drug-likeness (QED) is 0.788. The van der Waals surface area contributed by atoms with Gasteiger partial charge in [-0.2, -0.15) is 0 Å². The normalized spacial score (nSPS) is 10.3. The summed E-state index contributed by atoms with van der Waals surface area (Å²) in [5.41, 5.74) is 0.461. The average molecular weight is 262 g/mol. The lowest BCUT2D eigenvalue weighted by Gasteiger charge is -2.07. The Kier molecular flexibility index (Phi) is 3.90. The molecular weight excluding hydrogens is 250 g/mol. The van der Waals surface area contributed by atoms with Crippen LogP contribution in [0.5, 0.6) is 5.75 Å². The summed E-state index contributed by atoms with van der Waals surface area (Å²) in [5, 5.41) is 0. The van der Waals surface area contributed by atoms with Gasteiger partial charge in [-0.05, 0) is 30.7 Å². The van der Waals surface area contributed by atoms with E-state index in [1.807, 2.05) is 0 Å². The maximum absolute atomic E-state index is 13.3. The number of rotatable bonds is 4. The third-order valence-electron chi connectivity index (χ3n) is 2.69. The van der Waals surface area contributed by atoms with Crippen molar-refractivity contribution in [2.75, 3.05) is 6.61 Å². The van der Waals surface area contributed by atoms with Gasteiger partial charge in [0.2, 0.25) is 5.78 Å². The highest BCUT2D eigenvalue weighted by molar-refractivity contribution is 5.97. The van der Waals surface area contributed by atoms with E-state index in [4.69, 9.17) is 4.74 Å². The fourth-order valence-electron chi connectivity index (χ4n) is 1.58. The number of Topliss-reactive ketones (excluding diaryl/α,β-unsaturated/α-hetero) is 1. The first-order valence-corrected chi connectivity index (χ1v) is 5.74. The summed E-state index contributed by atoms with van der Waals surface area (Å²) >= 11 is 0. The lowest BCUT2D eigenvalue weighted by atomic mass is 10.1. The van der Waals surface area contributed by atoms with Crippen LogP contribution >= 0.6 is 0 Å². The van der Waals surface area contributed by atoms with Crippen molar-refractivity contribution in [2.45, 2.75) is 6.92 Å². The van der Waals surface area contributed by atoms with E-state index in [0.29, 0.717) is 5.56 Å². The minimum absolute atomic E-state index is 0.0323. The molecule has 4 heteroatoms. The lowest BCUT2D eigenvalue weighted by molar-refractivity contribution is 0.0917. The van der Waals surface area contributed by atoms with Gasteiger partial charge in [-0.25, -0.2) is 8.78 Å². The van der Waals surface area contributed by atoms with Crippen LogP contribution in [0, 0.1) is 18.6 Å². The first kappa shape index (κ1) is 13.2. The molecule has 2 nitrogen and oxygen atoms in total. The molecule has 0 aliphatic carbocycles. The standard InChI is InChI=1S/C15H12F2O2/c1-10-6-7-11(8-14(10)17)19-9-15(18)12-4-2-3-5-13(12)16/h2-8H,9H2,1H3. The van der Waals surface area contributed by atoms with E-state index in [2.05, 4.69) is 0 Å². The summed E-state index contributed by atoms with van der Waals surface area (Å²) in [4.78, 5) is 11.7. The van der Waals surface area contributed by atoms with Crippen LogP contribution in [-0.2, 0) is 0 Å². The van der Waals surface area contributed by atoms with Gasteiger partial charge in [-0.15, -0.1) is 0 Å². The van der Waals surface area contributed by atoms with Crippen LogP contribution in [0.2, 0.25) is 0 Å². The average Bonchev–Trinajstić information content (AvgIpc) is 2.40. The number of hydrogen-bond acceptors (Lipinski definition) is 2. The van der Waals surface area contributed by atoms with Crippen molar-refractivity contribution in [3.8, 4) is 5.75 Å². The van der Waals surface area contributed by atoms with Crippen LogP contribution in [0.1, 0.15) is 15.9 Å². The van der Waals surface area contributed by atoms with Crippen molar-refractivity contribution in [2.24, 2.45) is 0 Å². The fraction of sp³-hybridized carbons (Fsp3) is 0.133. The minimum atomic E-state index is -0.591. The summed E-state index contributed by atoms with van der Waals surface area (Å²) in [7, 11) is 0. The molecule has 19 heavy (non-hydrogen) atoms. The summed E-state index contributed by atoms with van der Waals surface area (Å²) in [6.45, 7) is 1.30. The monoisotopic (exact) mass is 262 g/mol. The molecule has 0 aliphatic rings. The first-order chi connectivity index (χ1) is 9.08. The summed E-state index contributed by atoms with van der Waals surface area (Å²) in [5.74, 6) is -1.24. The van der Waals surface area contributed by atoms with Crippen molar-refractivity contribution >= 4 is 5.78 Å². The van der Waals surface area contributed by atoms with Gasteiger partial charge >= 0.3 is 0 Å². The molecule has 2 rings (SSSR count). The Bertz CT molecular complexity index is 609. The van der Waals surface area contributed by atoms with Gasteiger partial charge < -0.3 is 4.74 Å². The molecule has 0 saturated heterocycles. The second kappa shape index (κ2) is 5.61. The van der Waals surface area contributed by atoms with Crippen molar-refractivity contribution in [3.63, 3.8) is 0 Å². The molecular formula is C15H12F2O2.